The minimum atomic E-state index is -0.901. The van der Waals surface area contributed by atoms with E-state index in [0.29, 0.717) is 4.88 Å². The molecule has 2 N–H and O–H groups in total. The van der Waals surface area contributed by atoms with Crippen LogP contribution < -0.4 is 5.32 Å². The van der Waals surface area contributed by atoms with Gasteiger partial charge in [-0.1, -0.05) is 32.0 Å². The Morgan fingerprint density at radius 1 is 1.29 bits per heavy atom. The first kappa shape index (κ1) is 15.5. The molecular weight excluding hydrogens is 286 g/mol. The Morgan fingerprint density at radius 2 is 1.95 bits per heavy atom. The molecule has 1 heterocycles. The summed E-state index contributed by atoms with van der Waals surface area (Å²) in [6.07, 6.45) is -0.0622. The third-order valence-corrected chi connectivity index (χ3v) is 4.84. The van der Waals surface area contributed by atoms with Crippen LogP contribution in [0.25, 0.3) is 10.1 Å². The van der Waals surface area contributed by atoms with Crippen molar-refractivity contribution in [2.45, 2.75) is 33.2 Å². The van der Waals surface area contributed by atoms with Crippen molar-refractivity contribution in [2.75, 3.05) is 0 Å². The summed E-state index contributed by atoms with van der Waals surface area (Å²) in [7, 11) is 0. The third kappa shape index (κ3) is 3.42. The molecule has 0 spiro atoms. The van der Waals surface area contributed by atoms with Gasteiger partial charge in [0.1, 0.15) is 0 Å². The summed E-state index contributed by atoms with van der Waals surface area (Å²) >= 11 is 1.45. The number of carboxylic acids is 1. The number of hydrogen-bond acceptors (Lipinski definition) is 3. The molecule has 2 aromatic rings. The number of rotatable bonds is 5. The van der Waals surface area contributed by atoms with Gasteiger partial charge in [0.05, 0.1) is 11.3 Å². The van der Waals surface area contributed by atoms with Crippen LogP contribution in [0.15, 0.2) is 24.3 Å². The van der Waals surface area contributed by atoms with Crippen molar-refractivity contribution in [2.24, 2.45) is 5.92 Å². The molecule has 1 aromatic heterocycles. The fraction of sp³-hybridized carbons (Fsp3) is 0.375. The molecule has 112 valence electrons. The number of carbonyl (C=O) groups excluding carboxylic acids is 1. The fourth-order valence-corrected chi connectivity index (χ4v) is 3.38. The number of fused-ring (bicyclic) bond motifs is 1. The van der Waals surface area contributed by atoms with E-state index in [1.165, 1.54) is 11.3 Å². The van der Waals surface area contributed by atoms with Crippen molar-refractivity contribution in [3.05, 3.63) is 34.7 Å². The van der Waals surface area contributed by atoms with Crippen LogP contribution in [-0.4, -0.2) is 23.0 Å². The number of carboxylic acid groups (broad SMARTS) is 1. The molecule has 0 saturated heterocycles. The SMILES string of the molecule is Cc1c(C(=O)NC(CC(=O)O)C(C)C)sc2ccccc12. The molecule has 2 rings (SSSR count). The van der Waals surface area contributed by atoms with Crippen molar-refractivity contribution in [3.8, 4) is 0 Å². The topological polar surface area (TPSA) is 66.4 Å². The fourth-order valence-electron chi connectivity index (χ4n) is 2.27. The van der Waals surface area contributed by atoms with Gasteiger partial charge in [-0.25, -0.2) is 0 Å². The number of carbonyl (C=O) groups is 2. The first-order valence-electron chi connectivity index (χ1n) is 6.91. The van der Waals surface area contributed by atoms with Crippen LogP contribution in [0, 0.1) is 12.8 Å². The molecule has 0 aliphatic carbocycles. The van der Waals surface area contributed by atoms with Crippen molar-refractivity contribution >= 4 is 33.3 Å². The van der Waals surface area contributed by atoms with E-state index in [1.54, 1.807) is 0 Å². The van der Waals surface area contributed by atoms with Gasteiger partial charge >= 0.3 is 5.97 Å². The van der Waals surface area contributed by atoms with Gasteiger partial charge in [-0.05, 0) is 29.9 Å². The molecule has 0 bridgehead atoms. The van der Waals surface area contributed by atoms with E-state index in [-0.39, 0.29) is 24.3 Å². The minimum absolute atomic E-state index is 0.0622. The van der Waals surface area contributed by atoms with E-state index in [2.05, 4.69) is 5.32 Å². The van der Waals surface area contributed by atoms with E-state index < -0.39 is 5.97 Å². The second kappa shape index (κ2) is 6.26. The highest BCUT2D eigenvalue weighted by Gasteiger charge is 2.22. The normalized spacial score (nSPS) is 12.6. The van der Waals surface area contributed by atoms with Crippen LogP contribution in [0.3, 0.4) is 0 Å². The zero-order valence-corrected chi connectivity index (χ0v) is 13.2. The molecular formula is C16H19NO3S. The highest BCUT2D eigenvalue weighted by molar-refractivity contribution is 7.21. The number of thiophene rings is 1. The van der Waals surface area contributed by atoms with Gasteiger partial charge in [-0.3, -0.25) is 9.59 Å². The van der Waals surface area contributed by atoms with Gasteiger partial charge in [-0.2, -0.15) is 0 Å². The zero-order chi connectivity index (χ0) is 15.6. The quantitative estimate of drug-likeness (QED) is 0.889. The maximum atomic E-state index is 12.4. The van der Waals surface area contributed by atoms with E-state index in [1.807, 2.05) is 45.0 Å². The van der Waals surface area contributed by atoms with Crippen LogP contribution in [0.4, 0.5) is 0 Å². The number of nitrogens with one attached hydrogen (secondary N) is 1. The van der Waals surface area contributed by atoms with E-state index in [9.17, 15) is 9.59 Å². The van der Waals surface area contributed by atoms with Gasteiger partial charge in [0.2, 0.25) is 0 Å². The van der Waals surface area contributed by atoms with Crippen LogP contribution in [0.5, 0.6) is 0 Å². The van der Waals surface area contributed by atoms with Crippen LogP contribution in [0.1, 0.15) is 35.5 Å². The summed E-state index contributed by atoms with van der Waals surface area (Å²) < 4.78 is 1.07. The zero-order valence-electron chi connectivity index (χ0n) is 12.3. The van der Waals surface area contributed by atoms with Gasteiger partial charge in [-0.15, -0.1) is 11.3 Å². The molecule has 0 aliphatic heterocycles. The number of hydrogen-bond donors (Lipinski definition) is 2. The lowest BCUT2D eigenvalue weighted by Gasteiger charge is -2.20. The average Bonchev–Trinajstić information content (AvgIpc) is 2.75. The summed E-state index contributed by atoms with van der Waals surface area (Å²) in [5, 5.41) is 12.9. The second-order valence-corrected chi connectivity index (χ2v) is 6.53. The van der Waals surface area contributed by atoms with Gasteiger partial charge in [0.15, 0.2) is 0 Å². The summed E-state index contributed by atoms with van der Waals surface area (Å²) in [6, 6.07) is 7.52. The molecule has 1 aromatic carbocycles. The molecule has 0 radical (unpaired) electrons. The molecule has 0 saturated carbocycles. The molecule has 1 atom stereocenters. The van der Waals surface area contributed by atoms with E-state index in [0.717, 1.165) is 15.6 Å². The Balaban J connectivity index is 2.25. The molecule has 0 aliphatic rings. The monoisotopic (exact) mass is 305 g/mol. The summed E-state index contributed by atoms with van der Waals surface area (Å²) in [6.45, 7) is 5.74. The Morgan fingerprint density at radius 3 is 2.52 bits per heavy atom. The molecule has 5 heteroatoms. The summed E-state index contributed by atoms with van der Waals surface area (Å²) in [5.41, 5.74) is 0.950. The summed E-state index contributed by atoms with van der Waals surface area (Å²) in [5.74, 6) is -1.02. The Labute approximate surface area is 127 Å². The third-order valence-electron chi connectivity index (χ3n) is 3.57. The summed E-state index contributed by atoms with van der Waals surface area (Å²) in [4.78, 5) is 24.0. The molecule has 4 nitrogen and oxygen atoms in total. The lowest BCUT2D eigenvalue weighted by atomic mass is 10.0. The first-order chi connectivity index (χ1) is 9.90. The molecule has 21 heavy (non-hydrogen) atoms. The Hall–Kier alpha value is -1.88. The molecule has 0 fully saturated rings. The molecule has 1 unspecified atom stereocenters. The predicted molar refractivity (Wildman–Crippen MR) is 84.9 cm³/mol. The number of benzene rings is 1. The number of aryl methyl sites for hydroxylation is 1. The lowest BCUT2D eigenvalue weighted by Crippen LogP contribution is -2.40. The average molecular weight is 305 g/mol. The predicted octanol–water partition coefficient (Wildman–Crippen LogP) is 3.44. The van der Waals surface area contributed by atoms with Crippen molar-refractivity contribution in [3.63, 3.8) is 0 Å². The van der Waals surface area contributed by atoms with Gasteiger partial charge < -0.3 is 10.4 Å². The van der Waals surface area contributed by atoms with Gasteiger partial charge in [0.25, 0.3) is 5.91 Å². The van der Waals surface area contributed by atoms with E-state index >= 15 is 0 Å². The number of amides is 1. The van der Waals surface area contributed by atoms with Gasteiger partial charge in [0, 0.05) is 10.7 Å². The van der Waals surface area contributed by atoms with Crippen molar-refractivity contribution < 1.29 is 14.7 Å². The van der Waals surface area contributed by atoms with Crippen LogP contribution >= 0.6 is 11.3 Å². The highest BCUT2D eigenvalue weighted by atomic mass is 32.1. The van der Waals surface area contributed by atoms with Crippen LogP contribution in [0.2, 0.25) is 0 Å². The Kier molecular flexibility index (Phi) is 4.63. The Bertz CT molecular complexity index is 675. The lowest BCUT2D eigenvalue weighted by molar-refractivity contribution is -0.137. The van der Waals surface area contributed by atoms with Crippen LogP contribution in [-0.2, 0) is 4.79 Å². The first-order valence-corrected chi connectivity index (χ1v) is 7.72. The number of aliphatic carboxylic acids is 1. The highest BCUT2D eigenvalue weighted by Crippen LogP contribution is 2.30. The maximum absolute atomic E-state index is 12.4. The van der Waals surface area contributed by atoms with Crippen molar-refractivity contribution in [1.82, 2.24) is 5.32 Å². The van der Waals surface area contributed by atoms with E-state index in [4.69, 9.17) is 5.11 Å². The smallest absolute Gasteiger partial charge is 0.305 e. The minimum Gasteiger partial charge on any atom is -0.481 e. The van der Waals surface area contributed by atoms with Crippen molar-refractivity contribution in [1.29, 1.82) is 0 Å². The standard InChI is InChI=1S/C16H19NO3S/c1-9(2)12(8-14(18)19)17-16(20)15-10(3)11-6-4-5-7-13(11)21-15/h4-7,9,12H,8H2,1-3H3,(H,17,20)(H,18,19). The maximum Gasteiger partial charge on any atom is 0.305 e. The second-order valence-electron chi connectivity index (χ2n) is 5.47. The largest absolute Gasteiger partial charge is 0.481 e. The molecule has 1 amide bonds.